The molecule has 1 atom stereocenters. The highest BCUT2D eigenvalue weighted by molar-refractivity contribution is 7.98. The molecular weight excluding hydrogens is 296 g/mol. The van der Waals surface area contributed by atoms with Crippen LogP contribution in [0, 0.1) is 0 Å². The van der Waals surface area contributed by atoms with Gasteiger partial charge in [-0.3, -0.25) is 9.59 Å². The van der Waals surface area contributed by atoms with E-state index in [1.807, 2.05) is 6.26 Å². The van der Waals surface area contributed by atoms with Crippen molar-refractivity contribution >= 4 is 29.5 Å². The number of carbonyl (C=O) groups is 3. The summed E-state index contributed by atoms with van der Waals surface area (Å²) in [7, 11) is 0. The lowest BCUT2D eigenvalue weighted by Gasteiger charge is -2.14. The van der Waals surface area contributed by atoms with Crippen molar-refractivity contribution in [2.45, 2.75) is 18.9 Å². The second-order valence-electron chi connectivity index (χ2n) is 4.26. The summed E-state index contributed by atoms with van der Waals surface area (Å²) in [5.41, 5.74) is 0.374. The number of carboxylic acid groups (broad SMARTS) is 1. The number of hydrogen-bond acceptors (Lipinski definition) is 5. The number of amides is 2. The van der Waals surface area contributed by atoms with E-state index in [1.54, 1.807) is 0 Å². The number of aliphatic carboxylic acids is 1. The molecule has 0 radical (unpaired) electrons. The molecule has 0 spiro atoms. The third-order valence-corrected chi connectivity index (χ3v) is 3.31. The molecule has 1 aromatic rings. The fourth-order valence-electron chi connectivity index (χ4n) is 1.54. The minimum atomic E-state index is -1.06. The molecule has 2 amide bonds. The van der Waals surface area contributed by atoms with E-state index in [0.29, 0.717) is 17.7 Å². The van der Waals surface area contributed by atoms with Crippen molar-refractivity contribution < 1.29 is 23.9 Å². The van der Waals surface area contributed by atoms with Gasteiger partial charge in [0.05, 0.1) is 11.8 Å². The van der Waals surface area contributed by atoms with Gasteiger partial charge in [0.25, 0.3) is 5.91 Å². The van der Waals surface area contributed by atoms with Crippen molar-refractivity contribution in [2.75, 3.05) is 18.6 Å². The van der Waals surface area contributed by atoms with Crippen LogP contribution >= 0.6 is 11.8 Å². The van der Waals surface area contributed by atoms with Crippen molar-refractivity contribution in [3.05, 3.63) is 24.2 Å². The van der Waals surface area contributed by atoms with Gasteiger partial charge in [-0.2, -0.15) is 11.8 Å². The van der Waals surface area contributed by atoms with Crippen molar-refractivity contribution in [3.63, 3.8) is 0 Å². The summed E-state index contributed by atoms with van der Waals surface area (Å²) < 4.78 is 4.77. The van der Waals surface area contributed by atoms with Gasteiger partial charge in [-0.05, 0) is 24.5 Å². The first-order chi connectivity index (χ1) is 10.0. The Bertz CT molecular complexity index is 475. The molecule has 21 heavy (non-hydrogen) atoms. The van der Waals surface area contributed by atoms with E-state index in [0.717, 1.165) is 0 Å². The molecule has 0 aliphatic rings. The molecule has 1 heterocycles. The number of carboxylic acids is 1. The molecule has 0 aliphatic heterocycles. The summed E-state index contributed by atoms with van der Waals surface area (Å²) in [6, 6.07) is 0.618. The van der Waals surface area contributed by atoms with Gasteiger partial charge in [0, 0.05) is 13.0 Å². The predicted molar refractivity (Wildman–Crippen MR) is 78.2 cm³/mol. The third kappa shape index (κ3) is 6.35. The lowest BCUT2D eigenvalue weighted by molar-refractivity contribution is -0.141. The summed E-state index contributed by atoms with van der Waals surface area (Å²) in [5.74, 6) is -1.15. The first-order valence-electron chi connectivity index (χ1n) is 6.36. The first-order valence-corrected chi connectivity index (χ1v) is 7.75. The Morgan fingerprint density at radius 3 is 2.76 bits per heavy atom. The zero-order valence-electron chi connectivity index (χ0n) is 11.6. The smallest absolute Gasteiger partial charge is 0.326 e. The monoisotopic (exact) mass is 314 g/mol. The largest absolute Gasteiger partial charge is 0.480 e. The fourth-order valence-corrected chi connectivity index (χ4v) is 2.02. The lowest BCUT2D eigenvalue weighted by atomic mass is 10.2. The summed E-state index contributed by atoms with van der Waals surface area (Å²) >= 11 is 1.51. The molecule has 7 nitrogen and oxygen atoms in total. The van der Waals surface area contributed by atoms with Gasteiger partial charge >= 0.3 is 5.97 Å². The number of hydrogen-bond donors (Lipinski definition) is 3. The molecule has 116 valence electrons. The standard InChI is InChI=1S/C13H18N2O5S/c1-21-7-4-10(13(18)19)15-11(16)2-5-14-12(17)9-3-6-20-8-9/h3,6,8,10H,2,4-5,7H2,1H3,(H,14,17)(H,15,16)(H,18,19)/t10-/m0/s1. The van der Waals surface area contributed by atoms with Crippen LogP contribution in [0.1, 0.15) is 23.2 Å². The third-order valence-electron chi connectivity index (χ3n) is 2.66. The molecule has 0 saturated carbocycles. The van der Waals surface area contributed by atoms with Crippen LogP contribution in [0.4, 0.5) is 0 Å². The van der Waals surface area contributed by atoms with Crippen molar-refractivity contribution in [1.82, 2.24) is 10.6 Å². The number of furan rings is 1. The highest BCUT2D eigenvalue weighted by Crippen LogP contribution is 2.02. The van der Waals surface area contributed by atoms with Crippen LogP contribution in [0.2, 0.25) is 0 Å². The number of nitrogens with one attached hydrogen (secondary N) is 2. The van der Waals surface area contributed by atoms with Crippen LogP contribution in [0.5, 0.6) is 0 Å². The van der Waals surface area contributed by atoms with E-state index >= 15 is 0 Å². The van der Waals surface area contributed by atoms with E-state index in [9.17, 15) is 14.4 Å². The molecule has 0 saturated heterocycles. The quantitative estimate of drug-likeness (QED) is 0.620. The number of carbonyl (C=O) groups excluding carboxylic acids is 2. The predicted octanol–water partition coefficient (Wildman–Crippen LogP) is 0.722. The fraction of sp³-hybridized carbons (Fsp3) is 0.462. The SMILES string of the molecule is CSCC[C@H](NC(=O)CCNC(=O)c1ccoc1)C(=O)O. The minimum absolute atomic E-state index is 0.0205. The van der Waals surface area contributed by atoms with E-state index < -0.39 is 17.9 Å². The molecule has 0 unspecified atom stereocenters. The topological polar surface area (TPSA) is 109 Å². The molecule has 3 N–H and O–H groups in total. The van der Waals surface area contributed by atoms with Crippen molar-refractivity contribution in [3.8, 4) is 0 Å². The van der Waals surface area contributed by atoms with Crippen LogP contribution in [0.25, 0.3) is 0 Å². The normalized spacial score (nSPS) is 11.7. The molecule has 0 fully saturated rings. The van der Waals surface area contributed by atoms with Gasteiger partial charge in [-0.1, -0.05) is 0 Å². The highest BCUT2D eigenvalue weighted by atomic mass is 32.2. The Labute approximate surface area is 126 Å². The van der Waals surface area contributed by atoms with E-state index in [4.69, 9.17) is 9.52 Å². The van der Waals surface area contributed by atoms with Crippen LogP contribution in [0.3, 0.4) is 0 Å². The molecular formula is C13H18N2O5S. The van der Waals surface area contributed by atoms with Gasteiger partial charge in [0.1, 0.15) is 12.3 Å². The van der Waals surface area contributed by atoms with Gasteiger partial charge in [0.15, 0.2) is 0 Å². The van der Waals surface area contributed by atoms with E-state index in [2.05, 4.69) is 10.6 Å². The molecule has 0 aliphatic carbocycles. The Morgan fingerprint density at radius 1 is 1.43 bits per heavy atom. The molecule has 1 aromatic heterocycles. The molecule has 0 bridgehead atoms. The Kier molecular flexibility index (Phi) is 7.38. The average Bonchev–Trinajstić information content (AvgIpc) is 2.97. The Balaban J connectivity index is 2.29. The maximum atomic E-state index is 11.6. The van der Waals surface area contributed by atoms with Gasteiger partial charge in [-0.25, -0.2) is 4.79 Å². The molecule has 0 aromatic carbocycles. The van der Waals surface area contributed by atoms with Gasteiger partial charge < -0.3 is 20.2 Å². The summed E-state index contributed by atoms with van der Waals surface area (Å²) in [6.07, 6.45) is 4.94. The van der Waals surface area contributed by atoms with Crippen LogP contribution in [-0.2, 0) is 9.59 Å². The molecule has 8 heteroatoms. The maximum Gasteiger partial charge on any atom is 0.326 e. The average molecular weight is 314 g/mol. The minimum Gasteiger partial charge on any atom is -0.480 e. The van der Waals surface area contributed by atoms with E-state index in [1.165, 1.54) is 30.4 Å². The summed E-state index contributed by atoms with van der Waals surface area (Å²) in [4.78, 5) is 34.2. The highest BCUT2D eigenvalue weighted by Gasteiger charge is 2.19. The number of thioether (sulfide) groups is 1. The van der Waals surface area contributed by atoms with Gasteiger partial charge in [-0.15, -0.1) is 0 Å². The zero-order valence-corrected chi connectivity index (χ0v) is 12.4. The maximum absolute atomic E-state index is 11.6. The van der Waals surface area contributed by atoms with Crippen LogP contribution in [0.15, 0.2) is 23.0 Å². The Hall–Kier alpha value is -1.96. The second-order valence-corrected chi connectivity index (χ2v) is 5.24. The summed E-state index contributed by atoms with van der Waals surface area (Å²) in [6.45, 7) is 0.130. The van der Waals surface area contributed by atoms with E-state index in [-0.39, 0.29) is 18.9 Å². The van der Waals surface area contributed by atoms with Crippen molar-refractivity contribution in [1.29, 1.82) is 0 Å². The Morgan fingerprint density at radius 2 is 2.19 bits per heavy atom. The number of rotatable bonds is 9. The first kappa shape index (κ1) is 17.1. The van der Waals surface area contributed by atoms with Gasteiger partial charge in [0.2, 0.25) is 5.91 Å². The van der Waals surface area contributed by atoms with Crippen molar-refractivity contribution in [2.24, 2.45) is 0 Å². The zero-order chi connectivity index (χ0) is 15.7. The second kappa shape index (κ2) is 9.06. The lowest BCUT2D eigenvalue weighted by Crippen LogP contribution is -2.42. The van der Waals surface area contributed by atoms with Crippen LogP contribution < -0.4 is 10.6 Å². The van der Waals surface area contributed by atoms with Crippen LogP contribution in [-0.4, -0.2) is 47.5 Å². The summed E-state index contributed by atoms with van der Waals surface area (Å²) in [5, 5.41) is 14.0. The molecule has 1 rings (SSSR count).